The smallest absolute Gasteiger partial charge is 0.118 e. The van der Waals surface area contributed by atoms with E-state index in [0.717, 1.165) is 18.8 Å². The molecule has 0 amide bonds. The lowest BCUT2D eigenvalue weighted by atomic mass is 10.1. The lowest BCUT2D eigenvalue weighted by molar-refractivity contribution is 0.414. The largest absolute Gasteiger partial charge is 0.497 e. The van der Waals surface area contributed by atoms with Crippen molar-refractivity contribution in [3.63, 3.8) is 0 Å². The summed E-state index contributed by atoms with van der Waals surface area (Å²) in [4.78, 5) is 0. The molecule has 0 unspecified atom stereocenters. The highest BCUT2D eigenvalue weighted by atomic mass is 16.5. The summed E-state index contributed by atoms with van der Waals surface area (Å²) in [5.41, 5.74) is 5.29. The van der Waals surface area contributed by atoms with Crippen LogP contribution in [0.2, 0.25) is 0 Å². The molecule has 0 heterocycles. The second-order valence-corrected chi connectivity index (χ2v) is 4.88. The van der Waals surface area contributed by atoms with E-state index < -0.39 is 0 Å². The summed E-state index contributed by atoms with van der Waals surface area (Å²) in [6.45, 7) is 6.06. The molecule has 2 aromatic carbocycles. The molecule has 0 aromatic heterocycles. The predicted molar refractivity (Wildman–Crippen MR) is 79.5 cm³/mol. The molecule has 0 bridgehead atoms. The minimum absolute atomic E-state index is 0.872. The van der Waals surface area contributed by atoms with Crippen LogP contribution in [0.3, 0.4) is 0 Å². The molecule has 19 heavy (non-hydrogen) atoms. The number of ether oxygens (including phenoxy) is 1. The third-order valence-corrected chi connectivity index (χ3v) is 3.30. The zero-order chi connectivity index (χ0) is 13.7. The van der Waals surface area contributed by atoms with Gasteiger partial charge >= 0.3 is 0 Å². The van der Waals surface area contributed by atoms with E-state index in [1.54, 1.807) is 7.11 Å². The molecular weight excluding hydrogens is 234 g/mol. The molecule has 2 rings (SSSR count). The minimum Gasteiger partial charge on any atom is -0.497 e. The number of aryl methyl sites for hydroxylation is 2. The quantitative estimate of drug-likeness (QED) is 0.881. The highest BCUT2D eigenvalue weighted by Gasteiger charge is 1.99. The first kappa shape index (κ1) is 13.6. The Labute approximate surface area is 115 Å². The third-order valence-electron chi connectivity index (χ3n) is 3.30. The van der Waals surface area contributed by atoms with Crippen molar-refractivity contribution in [3.8, 4) is 5.75 Å². The monoisotopic (exact) mass is 255 g/mol. The predicted octanol–water partition coefficient (Wildman–Crippen LogP) is 3.60. The first-order valence-corrected chi connectivity index (χ1v) is 6.59. The first-order chi connectivity index (χ1) is 9.19. The third kappa shape index (κ3) is 3.83. The molecule has 2 heteroatoms. The fourth-order valence-corrected chi connectivity index (χ4v) is 2.13. The second-order valence-electron chi connectivity index (χ2n) is 4.88. The van der Waals surface area contributed by atoms with Gasteiger partial charge in [-0.1, -0.05) is 35.9 Å². The van der Waals surface area contributed by atoms with Crippen LogP contribution in [0.15, 0.2) is 42.5 Å². The lowest BCUT2D eigenvalue weighted by Crippen LogP contribution is -2.13. The highest BCUT2D eigenvalue weighted by Crippen LogP contribution is 2.12. The molecule has 0 saturated heterocycles. The van der Waals surface area contributed by atoms with Gasteiger partial charge in [0.05, 0.1) is 7.11 Å². The average Bonchev–Trinajstić information content (AvgIpc) is 2.42. The van der Waals surface area contributed by atoms with Gasteiger partial charge in [0.25, 0.3) is 0 Å². The van der Waals surface area contributed by atoms with E-state index in [4.69, 9.17) is 4.74 Å². The molecule has 0 aliphatic heterocycles. The highest BCUT2D eigenvalue weighted by molar-refractivity contribution is 5.30. The summed E-state index contributed by atoms with van der Waals surface area (Å²) in [6.07, 6.45) is 0. The fourth-order valence-electron chi connectivity index (χ4n) is 2.13. The van der Waals surface area contributed by atoms with Crippen LogP contribution in [0, 0.1) is 13.8 Å². The van der Waals surface area contributed by atoms with E-state index in [0.29, 0.717) is 0 Å². The van der Waals surface area contributed by atoms with Gasteiger partial charge in [0.15, 0.2) is 0 Å². The van der Waals surface area contributed by atoms with Crippen LogP contribution < -0.4 is 10.1 Å². The number of methoxy groups -OCH3 is 1. The van der Waals surface area contributed by atoms with Crippen molar-refractivity contribution in [2.24, 2.45) is 0 Å². The Morgan fingerprint density at radius 2 is 1.68 bits per heavy atom. The van der Waals surface area contributed by atoms with Crippen molar-refractivity contribution >= 4 is 0 Å². The summed E-state index contributed by atoms with van der Waals surface area (Å²) in [7, 11) is 1.69. The van der Waals surface area contributed by atoms with Crippen molar-refractivity contribution in [3.05, 3.63) is 64.7 Å². The summed E-state index contributed by atoms with van der Waals surface area (Å²) >= 11 is 0. The molecule has 0 saturated carbocycles. The zero-order valence-corrected chi connectivity index (χ0v) is 11.9. The molecule has 0 atom stereocenters. The molecule has 0 spiro atoms. The number of hydrogen-bond acceptors (Lipinski definition) is 2. The van der Waals surface area contributed by atoms with Crippen LogP contribution in [0.4, 0.5) is 0 Å². The van der Waals surface area contributed by atoms with Crippen molar-refractivity contribution in [1.82, 2.24) is 5.32 Å². The van der Waals surface area contributed by atoms with Crippen molar-refractivity contribution in [2.45, 2.75) is 26.9 Å². The Morgan fingerprint density at radius 1 is 0.947 bits per heavy atom. The average molecular weight is 255 g/mol. The molecule has 0 radical (unpaired) electrons. The number of rotatable bonds is 5. The molecular formula is C17H21NO. The van der Waals surface area contributed by atoms with Gasteiger partial charge in [0, 0.05) is 13.1 Å². The van der Waals surface area contributed by atoms with Gasteiger partial charge in [0.2, 0.25) is 0 Å². The van der Waals surface area contributed by atoms with Crippen LogP contribution in [-0.2, 0) is 13.1 Å². The number of nitrogens with one attached hydrogen (secondary N) is 1. The maximum atomic E-state index is 5.15. The molecule has 2 aromatic rings. The van der Waals surface area contributed by atoms with E-state index in [9.17, 15) is 0 Å². The SMILES string of the molecule is COc1ccc(CNCc2ccc(C)cc2C)cc1. The topological polar surface area (TPSA) is 21.3 Å². The summed E-state index contributed by atoms with van der Waals surface area (Å²) in [5, 5.41) is 3.47. The summed E-state index contributed by atoms with van der Waals surface area (Å²) < 4.78 is 5.15. The van der Waals surface area contributed by atoms with Crippen molar-refractivity contribution < 1.29 is 4.74 Å². The van der Waals surface area contributed by atoms with Crippen LogP contribution in [0.1, 0.15) is 22.3 Å². The van der Waals surface area contributed by atoms with Gasteiger partial charge in [0.1, 0.15) is 5.75 Å². The molecule has 100 valence electrons. The van der Waals surface area contributed by atoms with E-state index in [1.807, 2.05) is 12.1 Å². The van der Waals surface area contributed by atoms with Gasteiger partial charge in [-0.25, -0.2) is 0 Å². The van der Waals surface area contributed by atoms with Crippen LogP contribution >= 0.6 is 0 Å². The van der Waals surface area contributed by atoms with Gasteiger partial charge in [-0.2, -0.15) is 0 Å². The minimum atomic E-state index is 0.872. The maximum Gasteiger partial charge on any atom is 0.118 e. The summed E-state index contributed by atoms with van der Waals surface area (Å²) in [6, 6.07) is 14.8. The van der Waals surface area contributed by atoms with E-state index in [1.165, 1.54) is 22.3 Å². The lowest BCUT2D eigenvalue weighted by Gasteiger charge is -2.09. The first-order valence-electron chi connectivity index (χ1n) is 6.59. The van der Waals surface area contributed by atoms with Gasteiger partial charge in [-0.15, -0.1) is 0 Å². The fraction of sp³-hybridized carbons (Fsp3) is 0.294. The summed E-state index contributed by atoms with van der Waals surface area (Å²) in [5.74, 6) is 0.901. The van der Waals surface area contributed by atoms with Crippen LogP contribution in [-0.4, -0.2) is 7.11 Å². The second kappa shape index (κ2) is 6.39. The van der Waals surface area contributed by atoms with E-state index in [-0.39, 0.29) is 0 Å². The normalized spacial score (nSPS) is 10.5. The molecule has 1 N–H and O–H groups in total. The van der Waals surface area contributed by atoms with Crippen LogP contribution in [0.5, 0.6) is 5.75 Å². The van der Waals surface area contributed by atoms with Gasteiger partial charge in [-0.05, 0) is 42.7 Å². The molecule has 0 fully saturated rings. The Morgan fingerprint density at radius 3 is 2.32 bits per heavy atom. The van der Waals surface area contributed by atoms with Crippen molar-refractivity contribution in [2.75, 3.05) is 7.11 Å². The number of benzene rings is 2. The Bertz CT molecular complexity index is 531. The van der Waals surface area contributed by atoms with Gasteiger partial charge < -0.3 is 10.1 Å². The Kier molecular flexibility index (Phi) is 4.58. The van der Waals surface area contributed by atoms with E-state index in [2.05, 4.69) is 49.5 Å². The standard InChI is InChI=1S/C17H21NO/c1-13-4-7-16(14(2)10-13)12-18-11-15-5-8-17(19-3)9-6-15/h4-10,18H,11-12H2,1-3H3. The van der Waals surface area contributed by atoms with E-state index >= 15 is 0 Å². The maximum absolute atomic E-state index is 5.15. The number of hydrogen-bond donors (Lipinski definition) is 1. The molecule has 0 aliphatic carbocycles. The van der Waals surface area contributed by atoms with Crippen molar-refractivity contribution in [1.29, 1.82) is 0 Å². The van der Waals surface area contributed by atoms with Gasteiger partial charge in [-0.3, -0.25) is 0 Å². The van der Waals surface area contributed by atoms with Crippen LogP contribution in [0.25, 0.3) is 0 Å². The molecule has 2 nitrogen and oxygen atoms in total. The zero-order valence-electron chi connectivity index (χ0n) is 11.9. The Hall–Kier alpha value is -1.80. The Balaban J connectivity index is 1.88. The molecule has 0 aliphatic rings.